The second kappa shape index (κ2) is 8.11. The molecule has 0 aliphatic carbocycles. The van der Waals surface area contributed by atoms with Crippen LogP contribution in [0.4, 0.5) is 0 Å². The first-order valence-corrected chi connectivity index (χ1v) is 9.96. The summed E-state index contributed by atoms with van der Waals surface area (Å²) in [5.41, 5.74) is 0.262. The molecule has 7 heteroatoms. The van der Waals surface area contributed by atoms with Crippen molar-refractivity contribution in [2.75, 3.05) is 13.1 Å². The molecule has 1 fully saturated rings. The molecule has 2 unspecified atom stereocenters. The highest BCUT2D eigenvalue weighted by Gasteiger charge is 2.55. The lowest BCUT2D eigenvalue weighted by Crippen LogP contribution is -2.46. The van der Waals surface area contributed by atoms with Crippen LogP contribution in [0.5, 0.6) is 0 Å². The highest BCUT2D eigenvalue weighted by Crippen LogP contribution is 2.57. The topological polar surface area (TPSA) is 35.8 Å². The number of nitrogens with zero attached hydrogens (tertiary/aromatic N) is 2. The van der Waals surface area contributed by atoms with Gasteiger partial charge in [0.1, 0.15) is 0 Å². The van der Waals surface area contributed by atoms with Crippen molar-refractivity contribution in [3.05, 3.63) is 69.7 Å². The Labute approximate surface area is 178 Å². The summed E-state index contributed by atoms with van der Waals surface area (Å²) in [6.45, 7) is 1.51. The number of aliphatic hydroxyl groups is 1. The van der Waals surface area contributed by atoms with E-state index in [1.54, 1.807) is 30.0 Å². The molecule has 2 aromatic carbocycles. The number of hydrogen-bond donors (Lipinski definition) is 1. The van der Waals surface area contributed by atoms with Crippen molar-refractivity contribution in [2.24, 2.45) is 4.99 Å². The van der Waals surface area contributed by atoms with E-state index in [2.05, 4.69) is 0 Å². The van der Waals surface area contributed by atoms with Crippen molar-refractivity contribution in [1.82, 2.24) is 4.90 Å². The van der Waals surface area contributed by atoms with Gasteiger partial charge in [-0.15, -0.1) is 17.0 Å². The fourth-order valence-electron chi connectivity index (χ4n) is 3.53. The van der Waals surface area contributed by atoms with E-state index in [9.17, 15) is 5.11 Å². The Morgan fingerprint density at radius 2 is 1.73 bits per heavy atom. The van der Waals surface area contributed by atoms with Crippen LogP contribution in [0.25, 0.3) is 0 Å². The van der Waals surface area contributed by atoms with Crippen LogP contribution in [0.3, 0.4) is 0 Å². The molecule has 3 nitrogen and oxygen atoms in total. The first kappa shape index (κ1) is 20.0. The van der Waals surface area contributed by atoms with Gasteiger partial charge in [-0.2, -0.15) is 0 Å². The van der Waals surface area contributed by atoms with Gasteiger partial charge in [-0.3, -0.25) is 4.99 Å². The van der Waals surface area contributed by atoms with E-state index in [1.165, 1.54) is 0 Å². The maximum Gasteiger partial charge on any atom is 0.185 e. The van der Waals surface area contributed by atoms with Gasteiger partial charge in [-0.05, 0) is 30.5 Å². The Morgan fingerprint density at radius 1 is 1.04 bits per heavy atom. The van der Waals surface area contributed by atoms with Gasteiger partial charge < -0.3 is 10.0 Å². The van der Waals surface area contributed by atoms with Gasteiger partial charge in [0.15, 0.2) is 10.9 Å². The molecule has 26 heavy (non-hydrogen) atoms. The molecule has 2 aliphatic rings. The van der Waals surface area contributed by atoms with Gasteiger partial charge in [-0.1, -0.05) is 71.4 Å². The molecule has 1 N–H and O–H groups in total. The van der Waals surface area contributed by atoms with E-state index in [1.807, 2.05) is 35.2 Å². The zero-order valence-electron chi connectivity index (χ0n) is 13.9. The summed E-state index contributed by atoms with van der Waals surface area (Å²) in [4.78, 5) is 6.68. The van der Waals surface area contributed by atoms with Crippen LogP contribution in [0.15, 0.2) is 53.5 Å². The Hall–Kier alpha value is -0.720. The van der Waals surface area contributed by atoms with Crippen LogP contribution in [0.1, 0.15) is 29.2 Å². The molecule has 0 saturated carbocycles. The number of benzene rings is 2. The standard InChI is InChI=1S/C19H18Cl2N2OS.BrH/c20-14-9-6-10-15(21)16(14)19(24)17(13-7-2-1-3-8-13)25-18-22-11-4-5-12-23(18)19;/h1-3,6-10,17,24H,4-5,11-12H2;1H. The van der Waals surface area contributed by atoms with Crippen molar-refractivity contribution in [2.45, 2.75) is 23.8 Å². The SMILES string of the molecule is Br.OC1(c2c(Cl)cccc2Cl)C(c2ccccc2)SC2=NCCCCN21. The van der Waals surface area contributed by atoms with Crippen LogP contribution in [0, 0.1) is 0 Å². The van der Waals surface area contributed by atoms with Crippen molar-refractivity contribution in [3.8, 4) is 0 Å². The number of halogens is 3. The van der Waals surface area contributed by atoms with Crippen molar-refractivity contribution < 1.29 is 5.11 Å². The fourth-order valence-corrected chi connectivity index (χ4v) is 5.64. The average Bonchev–Trinajstić information content (AvgIpc) is 2.76. The summed E-state index contributed by atoms with van der Waals surface area (Å²) in [5.74, 6) is 0. The minimum atomic E-state index is -1.33. The van der Waals surface area contributed by atoms with Crippen molar-refractivity contribution in [3.63, 3.8) is 0 Å². The van der Waals surface area contributed by atoms with Crippen molar-refractivity contribution in [1.29, 1.82) is 0 Å². The third kappa shape index (κ3) is 3.29. The Balaban J connectivity index is 0.00000196. The number of thioether (sulfide) groups is 1. The predicted octanol–water partition coefficient (Wildman–Crippen LogP) is 5.66. The first-order valence-electron chi connectivity index (χ1n) is 8.33. The second-order valence-electron chi connectivity index (χ2n) is 6.25. The molecule has 2 aromatic rings. The molecule has 0 aromatic heterocycles. The normalized spacial score (nSPS) is 25.1. The average molecular weight is 474 g/mol. The van der Waals surface area contributed by atoms with E-state index in [0.29, 0.717) is 15.6 Å². The predicted molar refractivity (Wildman–Crippen MR) is 116 cm³/mol. The quantitative estimate of drug-likeness (QED) is 0.611. The van der Waals surface area contributed by atoms with Crippen molar-refractivity contribution >= 4 is 57.1 Å². The lowest BCUT2D eigenvalue weighted by molar-refractivity contribution is -0.0710. The van der Waals surface area contributed by atoms with E-state index < -0.39 is 5.72 Å². The Kier molecular flexibility index (Phi) is 6.25. The number of amidine groups is 1. The number of aliphatic imine (C=N–C) groups is 1. The molecule has 1 saturated heterocycles. The summed E-state index contributed by atoms with van der Waals surface area (Å²) >= 11 is 14.6. The summed E-state index contributed by atoms with van der Waals surface area (Å²) in [6.07, 6.45) is 1.99. The monoisotopic (exact) mass is 472 g/mol. The highest BCUT2D eigenvalue weighted by molar-refractivity contribution is 8.93. The van der Waals surface area contributed by atoms with Crippen LogP contribution in [-0.2, 0) is 5.72 Å². The Bertz CT molecular complexity index is 800. The second-order valence-corrected chi connectivity index (χ2v) is 8.14. The van der Waals surface area contributed by atoms with Crippen LogP contribution < -0.4 is 0 Å². The number of fused-ring (bicyclic) bond motifs is 1. The van der Waals surface area contributed by atoms with Crippen LogP contribution in [0.2, 0.25) is 10.0 Å². The molecule has 0 spiro atoms. The molecule has 2 heterocycles. The van der Waals surface area contributed by atoms with Crippen LogP contribution >= 0.6 is 51.9 Å². The first-order chi connectivity index (χ1) is 12.1. The molecule has 2 aliphatic heterocycles. The molecule has 4 rings (SSSR count). The smallest absolute Gasteiger partial charge is 0.185 e. The zero-order chi connectivity index (χ0) is 17.4. The number of hydrogen-bond acceptors (Lipinski definition) is 4. The third-order valence-corrected chi connectivity index (χ3v) is 6.73. The fraction of sp³-hybridized carbons (Fsp3) is 0.316. The lowest BCUT2D eigenvalue weighted by atomic mass is 9.92. The molecular formula is C19H19BrCl2N2OS. The van der Waals surface area contributed by atoms with Gasteiger partial charge in [0, 0.05) is 18.7 Å². The summed E-state index contributed by atoms with van der Waals surface area (Å²) < 4.78 is 0. The third-order valence-electron chi connectivity index (χ3n) is 4.70. The molecule has 2 atom stereocenters. The molecule has 0 radical (unpaired) electrons. The molecule has 138 valence electrons. The molecule has 0 bridgehead atoms. The summed E-state index contributed by atoms with van der Waals surface area (Å²) in [5, 5.41) is 13.6. The zero-order valence-corrected chi connectivity index (χ0v) is 18.0. The van der Waals surface area contributed by atoms with E-state index in [0.717, 1.165) is 36.7 Å². The van der Waals surface area contributed by atoms with E-state index >= 15 is 0 Å². The molecule has 0 amide bonds. The maximum atomic E-state index is 12.0. The minimum Gasteiger partial charge on any atom is -0.365 e. The van der Waals surface area contributed by atoms with E-state index in [4.69, 9.17) is 28.2 Å². The maximum absolute atomic E-state index is 12.0. The van der Waals surface area contributed by atoms with Crippen LogP contribution in [-0.4, -0.2) is 28.3 Å². The largest absolute Gasteiger partial charge is 0.365 e. The summed E-state index contributed by atoms with van der Waals surface area (Å²) in [6, 6.07) is 15.3. The van der Waals surface area contributed by atoms with Gasteiger partial charge in [0.05, 0.1) is 15.3 Å². The van der Waals surface area contributed by atoms with E-state index in [-0.39, 0.29) is 22.2 Å². The number of rotatable bonds is 2. The van der Waals surface area contributed by atoms with Gasteiger partial charge in [0.2, 0.25) is 0 Å². The van der Waals surface area contributed by atoms with Gasteiger partial charge in [-0.25, -0.2) is 0 Å². The highest BCUT2D eigenvalue weighted by atomic mass is 79.9. The van der Waals surface area contributed by atoms with Gasteiger partial charge >= 0.3 is 0 Å². The lowest BCUT2D eigenvalue weighted by Gasteiger charge is -2.38. The summed E-state index contributed by atoms with van der Waals surface area (Å²) in [7, 11) is 0. The van der Waals surface area contributed by atoms with Gasteiger partial charge in [0.25, 0.3) is 0 Å². The molecular weight excluding hydrogens is 455 g/mol. The Morgan fingerprint density at radius 3 is 2.42 bits per heavy atom. The minimum absolute atomic E-state index is 0.